The minimum absolute atomic E-state index is 0.0130. The van der Waals surface area contributed by atoms with Gasteiger partial charge in [0, 0.05) is 45.3 Å². The highest BCUT2D eigenvalue weighted by Gasteiger charge is 2.35. The quantitative estimate of drug-likeness (QED) is 0.793. The smallest absolute Gasteiger partial charge is 0.381 e. The zero-order valence-corrected chi connectivity index (χ0v) is 15.3. The SMILES string of the molecule is CC(C)C(=O)[C@@H](NC(=O)N1CCN(CC(F)(F)F)CC1)C1CCOCC1. The van der Waals surface area contributed by atoms with Crippen molar-refractivity contribution < 1.29 is 27.5 Å². The van der Waals surface area contributed by atoms with Crippen LogP contribution in [0.3, 0.4) is 0 Å². The van der Waals surface area contributed by atoms with E-state index in [0.29, 0.717) is 26.1 Å². The van der Waals surface area contributed by atoms with E-state index < -0.39 is 18.8 Å². The number of urea groups is 1. The largest absolute Gasteiger partial charge is 0.401 e. The lowest BCUT2D eigenvalue weighted by molar-refractivity contribution is -0.148. The van der Waals surface area contributed by atoms with Crippen molar-refractivity contribution in [2.24, 2.45) is 11.8 Å². The van der Waals surface area contributed by atoms with Crippen LogP contribution >= 0.6 is 0 Å². The molecule has 0 saturated carbocycles. The number of ketones is 1. The molecule has 150 valence electrons. The monoisotopic (exact) mass is 379 g/mol. The lowest BCUT2D eigenvalue weighted by Crippen LogP contribution is -2.57. The summed E-state index contributed by atoms with van der Waals surface area (Å²) in [6.45, 7) is 4.57. The lowest BCUT2D eigenvalue weighted by atomic mass is 9.85. The first-order valence-corrected chi connectivity index (χ1v) is 9.13. The Morgan fingerprint density at radius 1 is 1.12 bits per heavy atom. The Hall–Kier alpha value is -1.35. The van der Waals surface area contributed by atoms with Crippen molar-refractivity contribution in [1.29, 1.82) is 0 Å². The summed E-state index contributed by atoms with van der Waals surface area (Å²) in [6.07, 6.45) is -2.81. The summed E-state index contributed by atoms with van der Waals surface area (Å²) in [5.41, 5.74) is 0. The molecule has 2 aliphatic heterocycles. The Labute approximate surface area is 152 Å². The van der Waals surface area contributed by atoms with E-state index in [4.69, 9.17) is 4.74 Å². The van der Waals surface area contributed by atoms with Gasteiger partial charge in [0.05, 0.1) is 12.6 Å². The van der Waals surface area contributed by atoms with Crippen molar-refractivity contribution in [3.05, 3.63) is 0 Å². The van der Waals surface area contributed by atoms with E-state index in [1.54, 1.807) is 13.8 Å². The van der Waals surface area contributed by atoms with Crippen LogP contribution in [-0.2, 0) is 9.53 Å². The van der Waals surface area contributed by atoms with Crippen LogP contribution in [0.5, 0.6) is 0 Å². The molecule has 0 radical (unpaired) electrons. The summed E-state index contributed by atoms with van der Waals surface area (Å²) in [5, 5.41) is 2.84. The molecule has 2 heterocycles. The number of hydrogen-bond acceptors (Lipinski definition) is 4. The molecule has 26 heavy (non-hydrogen) atoms. The number of Topliss-reactive ketones (excluding diaryl/α,β-unsaturated/α-hetero) is 1. The predicted molar refractivity (Wildman–Crippen MR) is 89.8 cm³/mol. The first-order chi connectivity index (χ1) is 12.2. The average molecular weight is 379 g/mol. The van der Waals surface area contributed by atoms with Crippen molar-refractivity contribution in [3.63, 3.8) is 0 Å². The van der Waals surface area contributed by atoms with Gasteiger partial charge in [0.2, 0.25) is 0 Å². The van der Waals surface area contributed by atoms with E-state index in [0.717, 1.165) is 0 Å². The molecule has 1 N–H and O–H groups in total. The van der Waals surface area contributed by atoms with Gasteiger partial charge in [-0.1, -0.05) is 13.8 Å². The second kappa shape index (κ2) is 9.03. The van der Waals surface area contributed by atoms with Crippen molar-refractivity contribution in [2.75, 3.05) is 45.9 Å². The van der Waals surface area contributed by atoms with Gasteiger partial charge in [-0.3, -0.25) is 9.69 Å². The van der Waals surface area contributed by atoms with Gasteiger partial charge in [-0.25, -0.2) is 4.79 Å². The van der Waals surface area contributed by atoms with Gasteiger partial charge >= 0.3 is 12.2 Å². The molecule has 0 spiro atoms. The van der Waals surface area contributed by atoms with Crippen LogP contribution < -0.4 is 5.32 Å². The number of nitrogens with zero attached hydrogens (tertiary/aromatic N) is 2. The molecule has 2 amide bonds. The molecule has 2 fully saturated rings. The normalized spacial score (nSPS) is 21.7. The minimum atomic E-state index is -4.23. The fourth-order valence-corrected chi connectivity index (χ4v) is 3.42. The van der Waals surface area contributed by atoms with Gasteiger partial charge in [-0.2, -0.15) is 13.2 Å². The van der Waals surface area contributed by atoms with Crippen molar-refractivity contribution in [2.45, 2.75) is 38.9 Å². The Kier molecular flexibility index (Phi) is 7.28. The molecular formula is C17H28F3N3O3. The third-order valence-corrected chi connectivity index (χ3v) is 4.95. The Morgan fingerprint density at radius 2 is 1.69 bits per heavy atom. The summed E-state index contributed by atoms with van der Waals surface area (Å²) in [5.74, 6) is -0.179. The number of amides is 2. The van der Waals surface area contributed by atoms with Gasteiger partial charge in [0.15, 0.2) is 5.78 Å². The maximum Gasteiger partial charge on any atom is 0.401 e. The van der Waals surface area contributed by atoms with Gasteiger partial charge in [0.25, 0.3) is 0 Å². The van der Waals surface area contributed by atoms with E-state index in [1.165, 1.54) is 9.80 Å². The van der Waals surface area contributed by atoms with Crippen LogP contribution in [-0.4, -0.2) is 79.8 Å². The summed E-state index contributed by atoms with van der Waals surface area (Å²) >= 11 is 0. The van der Waals surface area contributed by atoms with Crippen LogP contribution in [0.1, 0.15) is 26.7 Å². The highest BCUT2D eigenvalue weighted by atomic mass is 19.4. The van der Waals surface area contributed by atoms with Crippen molar-refractivity contribution in [1.82, 2.24) is 15.1 Å². The van der Waals surface area contributed by atoms with Crippen LogP contribution in [0.2, 0.25) is 0 Å². The van der Waals surface area contributed by atoms with E-state index in [1.807, 2.05) is 0 Å². The van der Waals surface area contributed by atoms with Crippen molar-refractivity contribution in [3.8, 4) is 0 Å². The number of halogens is 3. The van der Waals surface area contributed by atoms with Crippen LogP contribution in [0.4, 0.5) is 18.0 Å². The van der Waals surface area contributed by atoms with Gasteiger partial charge in [-0.15, -0.1) is 0 Å². The molecule has 0 aromatic heterocycles. The number of rotatable bonds is 5. The highest BCUT2D eigenvalue weighted by Crippen LogP contribution is 2.22. The number of hydrogen-bond donors (Lipinski definition) is 1. The molecule has 1 atom stereocenters. The number of alkyl halides is 3. The predicted octanol–water partition coefficient (Wildman–Crippen LogP) is 1.90. The zero-order valence-electron chi connectivity index (χ0n) is 15.3. The van der Waals surface area contributed by atoms with Crippen LogP contribution in [0, 0.1) is 11.8 Å². The zero-order chi connectivity index (χ0) is 19.3. The topological polar surface area (TPSA) is 61.9 Å². The van der Waals surface area contributed by atoms with Crippen molar-refractivity contribution >= 4 is 11.8 Å². The molecule has 2 saturated heterocycles. The van der Waals surface area contributed by atoms with E-state index >= 15 is 0 Å². The number of piperazine rings is 1. The number of nitrogens with one attached hydrogen (secondary N) is 1. The van der Waals surface area contributed by atoms with Gasteiger partial charge in [-0.05, 0) is 18.8 Å². The third kappa shape index (κ3) is 6.12. The first kappa shape index (κ1) is 21.0. The first-order valence-electron chi connectivity index (χ1n) is 9.13. The van der Waals surface area contributed by atoms with Crippen LogP contribution in [0.25, 0.3) is 0 Å². The fourth-order valence-electron chi connectivity index (χ4n) is 3.42. The molecule has 0 aromatic carbocycles. The molecule has 0 aromatic rings. The van der Waals surface area contributed by atoms with E-state index in [2.05, 4.69) is 5.32 Å². The summed E-state index contributed by atoms with van der Waals surface area (Å²) < 4.78 is 42.7. The summed E-state index contributed by atoms with van der Waals surface area (Å²) in [6, 6.07) is -0.943. The molecule has 0 bridgehead atoms. The lowest BCUT2D eigenvalue weighted by Gasteiger charge is -2.37. The molecule has 6 nitrogen and oxygen atoms in total. The molecule has 9 heteroatoms. The summed E-state index contributed by atoms with van der Waals surface area (Å²) in [7, 11) is 0. The van der Waals surface area contributed by atoms with Gasteiger partial charge < -0.3 is 15.0 Å². The Balaban J connectivity index is 1.91. The second-order valence-corrected chi connectivity index (χ2v) is 7.31. The maximum atomic E-state index is 12.6. The minimum Gasteiger partial charge on any atom is -0.381 e. The maximum absolute atomic E-state index is 12.6. The van der Waals surface area contributed by atoms with Gasteiger partial charge in [0.1, 0.15) is 0 Å². The molecular weight excluding hydrogens is 351 g/mol. The number of carbonyl (C=O) groups is 2. The van der Waals surface area contributed by atoms with Crippen LogP contribution in [0.15, 0.2) is 0 Å². The standard InChI is InChI=1S/C17H28F3N3O3/c1-12(2)15(24)14(13-3-9-26-10-4-13)21-16(25)23-7-5-22(6-8-23)11-17(18,19)20/h12-14H,3-11H2,1-2H3,(H,21,25)/t14-/m0/s1. The summed E-state index contributed by atoms with van der Waals surface area (Å²) in [4.78, 5) is 27.9. The number of ether oxygens (including phenoxy) is 1. The molecule has 2 rings (SSSR count). The van der Waals surface area contributed by atoms with E-state index in [9.17, 15) is 22.8 Å². The Bertz CT molecular complexity index is 485. The molecule has 2 aliphatic rings. The highest BCUT2D eigenvalue weighted by molar-refractivity contribution is 5.90. The molecule has 0 aliphatic carbocycles. The average Bonchev–Trinajstić information content (AvgIpc) is 2.58. The fraction of sp³-hybridized carbons (Fsp3) is 0.882. The second-order valence-electron chi connectivity index (χ2n) is 7.31. The third-order valence-electron chi connectivity index (χ3n) is 4.95. The number of carbonyl (C=O) groups excluding carboxylic acids is 2. The Morgan fingerprint density at radius 3 is 2.19 bits per heavy atom. The van der Waals surface area contributed by atoms with E-state index in [-0.39, 0.29) is 49.8 Å². The molecule has 0 unspecified atom stereocenters.